The molecule has 0 unspecified atom stereocenters. The number of methoxy groups -OCH3 is 1. The van der Waals surface area contributed by atoms with Crippen LogP contribution in [0.4, 0.5) is 0 Å². The SMILES string of the molecule is CC[C@@H](C)[C@@H](NC(=O)COC(=O)Cn1cnc2ccccc2c1=O)C(=O)OC. The highest BCUT2D eigenvalue weighted by atomic mass is 16.5. The third-order valence-corrected chi connectivity index (χ3v) is 4.38. The predicted molar refractivity (Wildman–Crippen MR) is 100 cm³/mol. The highest BCUT2D eigenvalue weighted by molar-refractivity contribution is 5.86. The van der Waals surface area contributed by atoms with Crippen molar-refractivity contribution in [2.75, 3.05) is 13.7 Å². The van der Waals surface area contributed by atoms with Gasteiger partial charge in [0.2, 0.25) is 0 Å². The molecule has 1 N–H and O–H groups in total. The zero-order valence-corrected chi connectivity index (χ0v) is 16.0. The van der Waals surface area contributed by atoms with E-state index in [9.17, 15) is 19.2 Å². The van der Waals surface area contributed by atoms with Crippen molar-refractivity contribution < 1.29 is 23.9 Å². The molecule has 0 aliphatic rings. The standard InChI is InChI=1S/C19H23N3O6/c1-4-12(2)17(19(26)27-3)21-15(23)10-28-16(24)9-22-11-20-14-8-6-5-7-13(14)18(22)25/h5-8,11-12,17H,4,9-10H2,1-3H3,(H,21,23)/t12-,17-/m1/s1. The summed E-state index contributed by atoms with van der Waals surface area (Å²) in [6, 6.07) is 5.94. The predicted octanol–water partition coefficient (Wildman–Crippen LogP) is 0.644. The maximum atomic E-state index is 12.3. The van der Waals surface area contributed by atoms with Gasteiger partial charge in [0.15, 0.2) is 6.61 Å². The molecule has 150 valence electrons. The lowest BCUT2D eigenvalue weighted by Crippen LogP contribution is -2.47. The molecule has 0 bridgehead atoms. The molecule has 0 saturated heterocycles. The number of ether oxygens (including phenoxy) is 2. The Labute approximate surface area is 161 Å². The topological polar surface area (TPSA) is 117 Å². The highest BCUT2D eigenvalue weighted by Gasteiger charge is 2.27. The van der Waals surface area contributed by atoms with Crippen LogP contribution in [-0.4, -0.2) is 47.2 Å². The van der Waals surface area contributed by atoms with Gasteiger partial charge in [-0.15, -0.1) is 0 Å². The second-order valence-electron chi connectivity index (χ2n) is 6.31. The Balaban J connectivity index is 1.95. The van der Waals surface area contributed by atoms with E-state index in [1.165, 1.54) is 13.4 Å². The monoisotopic (exact) mass is 389 g/mol. The van der Waals surface area contributed by atoms with Crippen molar-refractivity contribution in [1.82, 2.24) is 14.9 Å². The lowest BCUT2D eigenvalue weighted by Gasteiger charge is -2.21. The molecule has 2 aromatic rings. The molecule has 0 aliphatic heterocycles. The van der Waals surface area contributed by atoms with E-state index in [2.05, 4.69) is 15.0 Å². The number of nitrogens with zero attached hydrogens (tertiary/aromatic N) is 2. The third-order valence-electron chi connectivity index (χ3n) is 4.38. The Bertz CT molecular complexity index is 923. The zero-order chi connectivity index (χ0) is 20.7. The van der Waals surface area contributed by atoms with Gasteiger partial charge in [-0.1, -0.05) is 32.4 Å². The molecule has 9 heteroatoms. The van der Waals surface area contributed by atoms with Gasteiger partial charge in [0.05, 0.1) is 24.3 Å². The summed E-state index contributed by atoms with van der Waals surface area (Å²) < 4.78 is 10.7. The van der Waals surface area contributed by atoms with Gasteiger partial charge < -0.3 is 14.8 Å². The molecule has 0 fully saturated rings. The summed E-state index contributed by atoms with van der Waals surface area (Å²) in [6.07, 6.45) is 1.90. The van der Waals surface area contributed by atoms with Gasteiger partial charge in [-0.25, -0.2) is 9.78 Å². The minimum absolute atomic E-state index is 0.144. The molecule has 1 amide bonds. The number of nitrogens with one attached hydrogen (secondary N) is 1. The Kier molecular flexibility index (Phi) is 7.25. The molecule has 0 radical (unpaired) electrons. The Morgan fingerprint density at radius 2 is 1.96 bits per heavy atom. The molecule has 2 atom stereocenters. The van der Waals surface area contributed by atoms with Crippen LogP contribution in [-0.2, 0) is 30.4 Å². The lowest BCUT2D eigenvalue weighted by atomic mass is 9.99. The van der Waals surface area contributed by atoms with E-state index in [1.54, 1.807) is 31.2 Å². The average molecular weight is 389 g/mol. The zero-order valence-electron chi connectivity index (χ0n) is 16.0. The molecule has 1 heterocycles. The Morgan fingerprint density at radius 3 is 2.64 bits per heavy atom. The molecule has 0 saturated carbocycles. The van der Waals surface area contributed by atoms with Crippen molar-refractivity contribution in [3.63, 3.8) is 0 Å². The van der Waals surface area contributed by atoms with E-state index >= 15 is 0 Å². The summed E-state index contributed by atoms with van der Waals surface area (Å²) in [5, 5.41) is 2.88. The van der Waals surface area contributed by atoms with Crippen LogP contribution in [0.2, 0.25) is 0 Å². The van der Waals surface area contributed by atoms with Gasteiger partial charge in [0, 0.05) is 0 Å². The first-order chi connectivity index (χ1) is 13.4. The van der Waals surface area contributed by atoms with Crippen LogP contribution in [0.15, 0.2) is 35.4 Å². The van der Waals surface area contributed by atoms with Gasteiger partial charge in [0.25, 0.3) is 11.5 Å². The van der Waals surface area contributed by atoms with E-state index in [-0.39, 0.29) is 18.0 Å². The molecule has 0 aliphatic carbocycles. The second-order valence-corrected chi connectivity index (χ2v) is 6.31. The number of rotatable bonds is 8. The van der Waals surface area contributed by atoms with Crippen LogP contribution < -0.4 is 10.9 Å². The number of hydrogen-bond acceptors (Lipinski definition) is 7. The molecule has 2 rings (SSSR count). The number of aromatic nitrogens is 2. The summed E-state index contributed by atoms with van der Waals surface area (Å²) in [5.74, 6) is -2.11. The first-order valence-electron chi connectivity index (χ1n) is 8.84. The summed E-state index contributed by atoms with van der Waals surface area (Å²) in [7, 11) is 1.24. The van der Waals surface area contributed by atoms with Crippen LogP contribution in [0.25, 0.3) is 10.9 Å². The van der Waals surface area contributed by atoms with Crippen molar-refractivity contribution in [2.45, 2.75) is 32.9 Å². The molecule has 9 nitrogen and oxygen atoms in total. The number of fused-ring (bicyclic) bond motifs is 1. The molecular weight excluding hydrogens is 366 g/mol. The lowest BCUT2D eigenvalue weighted by molar-refractivity contribution is -0.151. The third kappa shape index (κ3) is 5.15. The first kappa shape index (κ1) is 21.1. The van der Waals surface area contributed by atoms with Crippen molar-refractivity contribution in [2.24, 2.45) is 5.92 Å². The van der Waals surface area contributed by atoms with Gasteiger partial charge in [-0.2, -0.15) is 0 Å². The van der Waals surface area contributed by atoms with Gasteiger partial charge in [-0.3, -0.25) is 19.0 Å². The van der Waals surface area contributed by atoms with Crippen molar-refractivity contribution in [3.05, 3.63) is 40.9 Å². The number of benzene rings is 1. The minimum atomic E-state index is -0.825. The number of hydrogen-bond donors (Lipinski definition) is 1. The summed E-state index contributed by atoms with van der Waals surface area (Å²) in [6.45, 7) is 2.73. The first-order valence-corrected chi connectivity index (χ1v) is 8.84. The summed E-state index contributed by atoms with van der Waals surface area (Å²) in [5.41, 5.74) is 0.143. The van der Waals surface area contributed by atoms with Crippen LogP contribution in [0, 0.1) is 5.92 Å². The van der Waals surface area contributed by atoms with Crippen molar-refractivity contribution in [1.29, 1.82) is 0 Å². The molecule has 28 heavy (non-hydrogen) atoms. The normalized spacial score (nSPS) is 12.8. The number of esters is 2. The summed E-state index contributed by atoms with van der Waals surface area (Å²) >= 11 is 0. The summed E-state index contributed by atoms with van der Waals surface area (Å²) in [4.78, 5) is 52.2. The smallest absolute Gasteiger partial charge is 0.328 e. The largest absolute Gasteiger partial charge is 0.467 e. The van der Waals surface area contributed by atoms with Gasteiger partial charge in [0.1, 0.15) is 12.6 Å². The van der Waals surface area contributed by atoms with Crippen molar-refractivity contribution in [3.8, 4) is 0 Å². The van der Waals surface area contributed by atoms with Crippen LogP contribution >= 0.6 is 0 Å². The minimum Gasteiger partial charge on any atom is -0.467 e. The Morgan fingerprint density at radius 1 is 1.25 bits per heavy atom. The maximum absolute atomic E-state index is 12.3. The number of carbonyl (C=O) groups is 3. The van der Waals surface area contributed by atoms with E-state index in [0.717, 1.165) is 4.57 Å². The van der Waals surface area contributed by atoms with E-state index in [1.807, 2.05) is 6.92 Å². The number of para-hydroxylation sites is 1. The van der Waals surface area contributed by atoms with E-state index in [0.29, 0.717) is 17.3 Å². The van der Waals surface area contributed by atoms with E-state index < -0.39 is 30.5 Å². The fourth-order valence-electron chi connectivity index (χ4n) is 2.56. The van der Waals surface area contributed by atoms with Crippen LogP contribution in [0.5, 0.6) is 0 Å². The second kappa shape index (κ2) is 9.63. The van der Waals surface area contributed by atoms with Crippen LogP contribution in [0.1, 0.15) is 20.3 Å². The van der Waals surface area contributed by atoms with Gasteiger partial charge in [-0.05, 0) is 18.1 Å². The quantitative estimate of drug-likeness (QED) is 0.659. The molecule has 1 aromatic heterocycles. The van der Waals surface area contributed by atoms with E-state index in [4.69, 9.17) is 4.74 Å². The number of carbonyl (C=O) groups excluding carboxylic acids is 3. The molecular formula is C19H23N3O6. The average Bonchev–Trinajstić information content (AvgIpc) is 2.71. The highest BCUT2D eigenvalue weighted by Crippen LogP contribution is 2.09. The fraction of sp³-hybridized carbons (Fsp3) is 0.421. The van der Waals surface area contributed by atoms with Gasteiger partial charge >= 0.3 is 11.9 Å². The Hall–Kier alpha value is -3.23. The maximum Gasteiger partial charge on any atom is 0.328 e. The molecule has 1 aromatic carbocycles. The number of amides is 1. The molecule has 0 spiro atoms. The van der Waals surface area contributed by atoms with Crippen LogP contribution in [0.3, 0.4) is 0 Å². The van der Waals surface area contributed by atoms with Crippen molar-refractivity contribution >= 4 is 28.7 Å². The fourth-order valence-corrected chi connectivity index (χ4v) is 2.56.